The summed E-state index contributed by atoms with van der Waals surface area (Å²) in [6, 6.07) is 6.83. The van der Waals surface area contributed by atoms with Crippen LogP contribution in [-0.2, 0) is 11.3 Å². The summed E-state index contributed by atoms with van der Waals surface area (Å²) in [5.74, 6) is -0.957. The van der Waals surface area contributed by atoms with Crippen molar-refractivity contribution in [2.24, 2.45) is 11.8 Å². The number of aromatic nitrogens is 2. The van der Waals surface area contributed by atoms with Crippen molar-refractivity contribution in [2.45, 2.75) is 58.5 Å². The Hall–Kier alpha value is -2.70. The van der Waals surface area contributed by atoms with Gasteiger partial charge in [0.1, 0.15) is 5.54 Å². The number of fused-ring (bicyclic) bond motifs is 1. The molecule has 1 fully saturated rings. The molecule has 0 spiro atoms. The molecule has 1 aromatic carbocycles. The van der Waals surface area contributed by atoms with Crippen molar-refractivity contribution in [3.8, 4) is 0 Å². The van der Waals surface area contributed by atoms with E-state index in [2.05, 4.69) is 17.3 Å². The Kier molecular flexibility index (Phi) is 5.54. The van der Waals surface area contributed by atoms with Crippen molar-refractivity contribution in [3.63, 3.8) is 0 Å². The van der Waals surface area contributed by atoms with Crippen LogP contribution in [-0.4, -0.2) is 32.3 Å². The number of carbonyl (C=O) groups is 2. The third kappa shape index (κ3) is 3.79. The van der Waals surface area contributed by atoms with Gasteiger partial charge in [0, 0.05) is 11.9 Å². The Morgan fingerprint density at radius 1 is 1.25 bits per heavy atom. The monoisotopic (exact) mass is 385 g/mol. The summed E-state index contributed by atoms with van der Waals surface area (Å²) < 4.78 is 1.30. The summed E-state index contributed by atoms with van der Waals surface area (Å²) in [6.07, 6.45) is 2.26. The molecule has 1 aliphatic rings. The maximum atomic E-state index is 13.1. The number of carboxylic acid groups (broad SMARTS) is 1. The van der Waals surface area contributed by atoms with Crippen molar-refractivity contribution >= 4 is 22.6 Å². The molecule has 2 N–H and O–H groups in total. The Bertz CT molecular complexity index is 956. The lowest BCUT2D eigenvalue weighted by Gasteiger charge is -2.36. The molecule has 28 heavy (non-hydrogen) atoms. The molecule has 0 atom stereocenters. The number of aliphatic carboxylic acids is 1. The Morgan fingerprint density at radius 3 is 2.43 bits per heavy atom. The molecule has 0 aliphatic heterocycles. The highest BCUT2D eigenvalue weighted by Crippen LogP contribution is 2.32. The van der Waals surface area contributed by atoms with E-state index in [1.54, 1.807) is 24.3 Å². The molecule has 1 heterocycles. The Labute approximate surface area is 163 Å². The average Bonchev–Trinajstić information content (AvgIpc) is 2.65. The molecule has 0 radical (unpaired) electrons. The number of rotatable bonds is 5. The summed E-state index contributed by atoms with van der Waals surface area (Å²) in [7, 11) is 0. The molecule has 2 aromatic rings. The smallest absolute Gasteiger partial charge is 0.329 e. The largest absolute Gasteiger partial charge is 0.480 e. The Balaban J connectivity index is 2.04. The van der Waals surface area contributed by atoms with E-state index in [9.17, 15) is 19.5 Å². The van der Waals surface area contributed by atoms with Gasteiger partial charge in [-0.15, -0.1) is 0 Å². The molecule has 1 aliphatic carbocycles. The maximum Gasteiger partial charge on any atom is 0.329 e. The van der Waals surface area contributed by atoms with Gasteiger partial charge in [-0.25, -0.2) is 9.48 Å². The van der Waals surface area contributed by atoms with E-state index in [0.717, 1.165) is 12.8 Å². The highest BCUT2D eigenvalue weighted by molar-refractivity contribution is 6.06. The van der Waals surface area contributed by atoms with Crippen molar-refractivity contribution in [1.82, 2.24) is 15.1 Å². The van der Waals surface area contributed by atoms with Crippen LogP contribution < -0.4 is 10.9 Å². The second-order valence-corrected chi connectivity index (χ2v) is 8.30. The number of hydrogen-bond acceptors (Lipinski definition) is 4. The van der Waals surface area contributed by atoms with Crippen molar-refractivity contribution in [1.29, 1.82) is 0 Å². The number of nitrogens with zero attached hydrogens (tertiary/aromatic N) is 2. The predicted molar refractivity (Wildman–Crippen MR) is 106 cm³/mol. The van der Waals surface area contributed by atoms with E-state index in [4.69, 9.17) is 0 Å². The topological polar surface area (TPSA) is 101 Å². The zero-order valence-corrected chi connectivity index (χ0v) is 16.6. The first kappa shape index (κ1) is 20.0. The quantitative estimate of drug-likeness (QED) is 0.824. The third-order valence-electron chi connectivity index (χ3n) is 5.51. The van der Waals surface area contributed by atoms with Gasteiger partial charge in [0.05, 0.1) is 5.39 Å². The molecular weight excluding hydrogens is 358 g/mol. The van der Waals surface area contributed by atoms with Crippen LogP contribution in [0.1, 0.15) is 56.9 Å². The van der Waals surface area contributed by atoms with E-state index < -0.39 is 17.4 Å². The molecule has 0 saturated heterocycles. The minimum absolute atomic E-state index is 0.0927. The molecule has 150 valence electrons. The van der Waals surface area contributed by atoms with Crippen LogP contribution in [0, 0.1) is 11.8 Å². The standard InChI is InChI=1S/C21H27N3O4/c1-13(2)12-24-19(26)16-7-5-4-6-15(16)17(23-24)18(25)22-21(20(27)28)10-8-14(3)9-11-21/h4-7,13-14H,8-12H2,1-3H3,(H,22,25)(H,27,28). The van der Waals surface area contributed by atoms with Crippen LogP contribution in [0.4, 0.5) is 0 Å². The lowest BCUT2D eigenvalue weighted by molar-refractivity contribution is -0.146. The summed E-state index contributed by atoms with van der Waals surface area (Å²) in [6.45, 7) is 6.40. The van der Waals surface area contributed by atoms with Crippen molar-refractivity contribution in [3.05, 3.63) is 40.3 Å². The van der Waals surface area contributed by atoms with E-state index in [0.29, 0.717) is 36.1 Å². The first-order chi connectivity index (χ1) is 13.2. The summed E-state index contributed by atoms with van der Waals surface area (Å²) in [4.78, 5) is 37.8. The molecule has 7 heteroatoms. The lowest BCUT2D eigenvalue weighted by Crippen LogP contribution is -2.56. The van der Waals surface area contributed by atoms with Gasteiger partial charge in [-0.2, -0.15) is 5.10 Å². The molecule has 0 bridgehead atoms. The van der Waals surface area contributed by atoms with Gasteiger partial charge < -0.3 is 10.4 Å². The number of nitrogens with one attached hydrogen (secondary N) is 1. The van der Waals surface area contributed by atoms with Gasteiger partial charge in [-0.05, 0) is 43.6 Å². The van der Waals surface area contributed by atoms with Gasteiger partial charge in [-0.1, -0.05) is 39.0 Å². The number of carboxylic acids is 1. The number of carbonyl (C=O) groups excluding carboxylic acids is 1. The second kappa shape index (κ2) is 7.73. The zero-order valence-electron chi connectivity index (χ0n) is 16.6. The van der Waals surface area contributed by atoms with Gasteiger partial charge in [0.2, 0.25) is 0 Å². The predicted octanol–water partition coefficient (Wildman–Crippen LogP) is 2.82. The fourth-order valence-corrected chi connectivity index (χ4v) is 3.80. The maximum absolute atomic E-state index is 13.1. The first-order valence-electron chi connectivity index (χ1n) is 9.79. The fraction of sp³-hybridized carbons (Fsp3) is 0.524. The van der Waals surface area contributed by atoms with Gasteiger partial charge in [-0.3, -0.25) is 9.59 Å². The molecule has 3 rings (SSSR count). The number of benzene rings is 1. The van der Waals surface area contributed by atoms with Crippen molar-refractivity contribution in [2.75, 3.05) is 0 Å². The van der Waals surface area contributed by atoms with E-state index in [-0.39, 0.29) is 17.2 Å². The van der Waals surface area contributed by atoms with Crippen LogP contribution >= 0.6 is 0 Å². The third-order valence-corrected chi connectivity index (χ3v) is 5.51. The minimum Gasteiger partial charge on any atom is -0.480 e. The van der Waals surface area contributed by atoms with Crippen LogP contribution in [0.15, 0.2) is 29.1 Å². The van der Waals surface area contributed by atoms with Gasteiger partial charge >= 0.3 is 5.97 Å². The molecule has 7 nitrogen and oxygen atoms in total. The van der Waals surface area contributed by atoms with Crippen LogP contribution in [0.2, 0.25) is 0 Å². The molecule has 0 unspecified atom stereocenters. The number of amides is 1. The molecular formula is C21H27N3O4. The average molecular weight is 385 g/mol. The highest BCUT2D eigenvalue weighted by Gasteiger charge is 2.43. The normalized spacial score (nSPS) is 22.4. The van der Waals surface area contributed by atoms with Gasteiger partial charge in [0.25, 0.3) is 11.5 Å². The summed E-state index contributed by atoms with van der Waals surface area (Å²) >= 11 is 0. The Morgan fingerprint density at radius 2 is 1.86 bits per heavy atom. The van der Waals surface area contributed by atoms with Crippen LogP contribution in [0.3, 0.4) is 0 Å². The highest BCUT2D eigenvalue weighted by atomic mass is 16.4. The molecule has 1 amide bonds. The summed E-state index contributed by atoms with van der Waals surface area (Å²) in [5.41, 5.74) is -1.44. The fourth-order valence-electron chi connectivity index (χ4n) is 3.80. The zero-order chi connectivity index (χ0) is 20.5. The van der Waals surface area contributed by atoms with Crippen LogP contribution in [0.5, 0.6) is 0 Å². The lowest BCUT2D eigenvalue weighted by atomic mass is 9.77. The number of hydrogen-bond donors (Lipinski definition) is 2. The van der Waals surface area contributed by atoms with Crippen molar-refractivity contribution < 1.29 is 14.7 Å². The molecule has 1 saturated carbocycles. The van der Waals surface area contributed by atoms with E-state index in [1.807, 2.05) is 13.8 Å². The SMILES string of the molecule is CC(C)Cn1nc(C(=O)NC2(C(=O)O)CCC(C)CC2)c2ccccc2c1=O. The van der Waals surface area contributed by atoms with Crippen LogP contribution in [0.25, 0.3) is 10.8 Å². The minimum atomic E-state index is -1.29. The second-order valence-electron chi connectivity index (χ2n) is 8.30. The van der Waals surface area contributed by atoms with Gasteiger partial charge in [0.15, 0.2) is 5.69 Å². The van der Waals surface area contributed by atoms with E-state index in [1.165, 1.54) is 4.68 Å². The molecule has 1 aromatic heterocycles. The van der Waals surface area contributed by atoms with E-state index >= 15 is 0 Å². The first-order valence-corrected chi connectivity index (χ1v) is 9.79. The summed E-state index contributed by atoms with van der Waals surface area (Å²) in [5, 5.41) is 17.7.